The average molecular weight is 460 g/mol. The first-order valence-corrected chi connectivity index (χ1v) is 11.7. The lowest BCUT2D eigenvalue weighted by atomic mass is 10.2. The van der Waals surface area contributed by atoms with Crippen molar-refractivity contribution in [3.63, 3.8) is 0 Å². The van der Waals surface area contributed by atoms with E-state index in [1.807, 2.05) is 18.2 Å². The second-order valence-electron chi connectivity index (χ2n) is 6.62. The highest BCUT2D eigenvalue weighted by atomic mass is 32.2. The number of carbonyl (C=O) groups excluding carboxylic acids is 1. The summed E-state index contributed by atoms with van der Waals surface area (Å²) in [6, 6.07) is 9.01. The number of piperazine rings is 1. The molecule has 1 aliphatic rings. The van der Waals surface area contributed by atoms with Crippen LogP contribution in [0, 0.1) is 0 Å². The van der Waals surface area contributed by atoms with Gasteiger partial charge in [-0.05, 0) is 36.4 Å². The van der Waals surface area contributed by atoms with Crippen molar-refractivity contribution in [2.45, 2.75) is 16.8 Å². The molecule has 11 heteroatoms. The molecular weight excluding hydrogens is 439 g/mol. The van der Waals surface area contributed by atoms with Crippen molar-refractivity contribution < 1.29 is 26.4 Å². The Morgan fingerprint density at radius 3 is 2.27 bits per heavy atom. The molecule has 0 bridgehead atoms. The van der Waals surface area contributed by atoms with Gasteiger partial charge in [-0.1, -0.05) is 6.07 Å². The van der Waals surface area contributed by atoms with Gasteiger partial charge in [0.15, 0.2) is 0 Å². The molecule has 3 rings (SSSR count). The molecule has 0 aliphatic carbocycles. The standard InChI is InChI=1S/C19H20F3N3O3S2/c20-19(21,22)15-4-6-17(7-5-15)30(27,28)25-11-9-24(10-12-25)18(26)14-29-13-16-3-1-2-8-23-16/h1-8H,9-14H2. The smallest absolute Gasteiger partial charge is 0.339 e. The van der Waals surface area contributed by atoms with E-state index in [4.69, 9.17) is 0 Å². The van der Waals surface area contributed by atoms with Crippen LogP contribution in [-0.4, -0.2) is 60.4 Å². The Labute approximate surface area is 177 Å². The summed E-state index contributed by atoms with van der Waals surface area (Å²) in [6.45, 7) is 0.672. The highest BCUT2D eigenvalue weighted by molar-refractivity contribution is 7.99. The topological polar surface area (TPSA) is 70.6 Å². The molecule has 0 spiro atoms. The van der Waals surface area contributed by atoms with Gasteiger partial charge in [0.05, 0.1) is 21.9 Å². The molecular formula is C19H20F3N3O3S2. The predicted octanol–water partition coefficient (Wildman–Crippen LogP) is 2.87. The first kappa shape index (κ1) is 22.6. The number of rotatable bonds is 6. The Balaban J connectivity index is 1.52. The summed E-state index contributed by atoms with van der Waals surface area (Å²) in [7, 11) is -3.91. The van der Waals surface area contributed by atoms with Crippen LogP contribution in [0.3, 0.4) is 0 Å². The molecule has 0 unspecified atom stereocenters. The van der Waals surface area contributed by atoms with Crippen LogP contribution < -0.4 is 0 Å². The van der Waals surface area contributed by atoms with Gasteiger partial charge >= 0.3 is 6.18 Å². The summed E-state index contributed by atoms with van der Waals surface area (Å²) < 4.78 is 64.6. The molecule has 162 valence electrons. The van der Waals surface area contributed by atoms with Crippen LogP contribution in [0.4, 0.5) is 13.2 Å². The maximum atomic E-state index is 12.7. The third kappa shape index (κ3) is 5.52. The number of benzene rings is 1. The summed E-state index contributed by atoms with van der Waals surface area (Å²) in [6.07, 6.45) is -2.84. The molecule has 1 aromatic heterocycles. The van der Waals surface area contributed by atoms with Crippen LogP contribution in [0.15, 0.2) is 53.6 Å². The lowest BCUT2D eigenvalue weighted by Crippen LogP contribution is -2.50. The second-order valence-corrected chi connectivity index (χ2v) is 9.54. The van der Waals surface area contributed by atoms with E-state index in [9.17, 15) is 26.4 Å². The van der Waals surface area contributed by atoms with Gasteiger partial charge in [-0.25, -0.2) is 8.42 Å². The van der Waals surface area contributed by atoms with Gasteiger partial charge in [-0.2, -0.15) is 17.5 Å². The first-order chi connectivity index (χ1) is 14.2. The van der Waals surface area contributed by atoms with Gasteiger partial charge < -0.3 is 4.90 Å². The van der Waals surface area contributed by atoms with E-state index in [0.717, 1.165) is 30.0 Å². The maximum Gasteiger partial charge on any atom is 0.416 e. The van der Waals surface area contributed by atoms with Gasteiger partial charge in [0.2, 0.25) is 15.9 Å². The van der Waals surface area contributed by atoms with Crippen LogP contribution >= 0.6 is 11.8 Å². The fourth-order valence-electron chi connectivity index (χ4n) is 2.96. The van der Waals surface area contributed by atoms with E-state index in [-0.39, 0.29) is 42.7 Å². The SMILES string of the molecule is O=C(CSCc1ccccn1)N1CCN(S(=O)(=O)c2ccc(C(F)(F)F)cc2)CC1. The number of aromatic nitrogens is 1. The summed E-state index contributed by atoms with van der Waals surface area (Å²) in [5.74, 6) is 0.791. The van der Waals surface area contributed by atoms with E-state index < -0.39 is 21.8 Å². The molecule has 1 aliphatic heterocycles. The lowest BCUT2D eigenvalue weighted by molar-refractivity contribution is -0.137. The molecule has 1 amide bonds. The highest BCUT2D eigenvalue weighted by Crippen LogP contribution is 2.30. The fraction of sp³-hybridized carbons (Fsp3) is 0.368. The van der Waals surface area contributed by atoms with Crippen molar-refractivity contribution in [3.8, 4) is 0 Å². The molecule has 0 N–H and O–H groups in total. The number of thioether (sulfide) groups is 1. The van der Waals surface area contributed by atoms with E-state index in [2.05, 4.69) is 4.98 Å². The van der Waals surface area contributed by atoms with Gasteiger partial charge in [0.25, 0.3) is 0 Å². The van der Waals surface area contributed by atoms with E-state index in [0.29, 0.717) is 5.75 Å². The van der Waals surface area contributed by atoms with Crippen LogP contribution in [0.1, 0.15) is 11.3 Å². The second kappa shape index (κ2) is 9.36. The van der Waals surface area contributed by atoms with Gasteiger partial charge in [-0.15, -0.1) is 11.8 Å². The van der Waals surface area contributed by atoms with E-state index in [1.54, 1.807) is 11.1 Å². The Hall–Kier alpha value is -2.11. The molecule has 1 aromatic carbocycles. The Morgan fingerprint density at radius 2 is 1.70 bits per heavy atom. The number of amides is 1. The van der Waals surface area contributed by atoms with Crippen molar-refractivity contribution in [1.82, 2.24) is 14.2 Å². The Kier molecular flexibility index (Phi) is 7.04. The molecule has 0 saturated carbocycles. The molecule has 1 saturated heterocycles. The zero-order chi connectivity index (χ0) is 21.8. The van der Waals surface area contributed by atoms with Crippen molar-refractivity contribution >= 4 is 27.7 Å². The monoisotopic (exact) mass is 459 g/mol. The summed E-state index contributed by atoms with van der Waals surface area (Å²) >= 11 is 1.44. The zero-order valence-electron chi connectivity index (χ0n) is 15.9. The molecule has 0 radical (unpaired) electrons. The minimum absolute atomic E-state index is 0.0810. The molecule has 2 aromatic rings. The normalized spacial score (nSPS) is 15.9. The van der Waals surface area contributed by atoms with Crippen molar-refractivity contribution in [3.05, 3.63) is 59.9 Å². The van der Waals surface area contributed by atoms with Gasteiger partial charge in [0.1, 0.15) is 0 Å². The van der Waals surface area contributed by atoms with Crippen molar-refractivity contribution in [1.29, 1.82) is 0 Å². The van der Waals surface area contributed by atoms with Crippen molar-refractivity contribution in [2.24, 2.45) is 0 Å². The zero-order valence-corrected chi connectivity index (χ0v) is 17.5. The van der Waals surface area contributed by atoms with Crippen LogP contribution in [0.2, 0.25) is 0 Å². The third-order valence-corrected chi connectivity index (χ3v) is 7.48. The van der Waals surface area contributed by atoms with E-state index >= 15 is 0 Å². The summed E-state index contributed by atoms with van der Waals surface area (Å²) in [4.78, 5) is 18.0. The number of alkyl halides is 3. The van der Waals surface area contributed by atoms with Gasteiger partial charge in [-0.3, -0.25) is 9.78 Å². The van der Waals surface area contributed by atoms with Crippen LogP contribution in [-0.2, 0) is 26.7 Å². The molecule has 1 fully saturated rings. The highest BCUT2D eigenvalue weighted by Gasteiger charge is 2.33. The number of nitrogens with zero attached hydrogens (tertiary/aromatic N) is 3. The number of halogens is 3. The summed E-state index contributed by atoms with van der Waals surface area (Å²) in [5, 5.41) is 0. The van der Waals surface area contributed by atoms with Crippen molar-refractivity contribution in [2.75, 3.05) is 31.9 Å². The number of hydrogen-bond donors (Lipinski definition) is 0. The summed E-state index contributed by atoms with van der Waals surface area (Å²) in [5.41, 5.74) is -0.0252. The van der Waals surface area contributed by atoms with Crippen LogP contribution in [0.5, 0.6) is 0 Å². The lowest BCUT2D eigenvalue weighted by Gasteiger charge is -2.34. The average Bonchev–Trinajstić information content (AvgIpc) is 2.74. The largest absolute Gasteiger partial charge is 0.416 e. The molecule has 6 nitrogen and oxygen atoms in total. The number of carbonyl (C=O) groups is 1. The third-order valence-electron chi connectivity index (χ3n) is 4.61. The number of hydrogen-bond acceptors (Lipinski definition) is 5. The quantitative estimate of drug-likeness (QED) is 0.665. The first-order valence-electron chi connectivity index (χ1n) is 9.11. The molecule has 0 atom stereocenters. The van der Waals surface area contributed by atoms with E-state index in [1.165, 1.54) is 16.1 Å². The van der Waals surface area contributed by atoms with Gasteiger partial charge in [0, 0.05) is 38.1 Å². The minimum atomic E-state index is -4.52. The number of sulfonamides is 1. The Morgan fingerprint density at radius 1 is 1.03 bits per heavy atom. The minimum Gasteiger partial charge on any atom is -0.339 e. The fourth-order valence-corrected chi connectivity index (χ4v) is 5.22. The van der Waals surface area contributed by atoms with Crippen LogP contribution in [0.25, 0.3) is 0 Å². The predicted molar refractivity (Wildman–Crippen MR) is 107 cm³/mol. The molecule has 2 heterocycles. The molecule has 30 heavy (non-hydrogen) atoms. The maximum absolute atomic E-state index is 12.7. The number of pyridine rings is 1. The Bertz CT molecular complexity index is 960.